The molecule has 0 heterocycles. The van der Waals surface area contributed by atoms with Crippen LogP contribution in [-0.2, 0) is 17.1 Å². The predicted octanol–water partition coefficient (Wildman–Crippen LogP) is -2.95. The van der Waals surface area contributed by atoms with Crippen LogP contribution >= 0.6 is 0 Å². The molecule has 0 aromatic heterocycles. The van der Waals surface area contributed by atoms with Crippen molar-refractivity contribution in [2.45, 2.75) is 0 Å². The first-order chi connectivity index (χ1) is 0. The van der Waals surface area contributed by atoms with E-state index in [0.29, 0.717) is 0 Å². The molecule has 5 heavy (non-hydrogen) atoms. The van der Waals surface area contributed by atoms with Crippen molar-refractivity contribution in [2.75, 3.05) is 0 Å². The third kappa shape index (κ3) is 17.8. The molecule has 5 heteroatoms. The van der Waals surface area contributed by atoms with Crippen molar-refractivity contribution in [3.8, 4) is 0 Å². The third-order valence-corrected chi connectivity index (χ3v) is 0. The Hall–Kier alpha value is 4.32. The molecule has 0 amide bonds. The van der Waals surface area contributed by atoms with Gasteiger partial charge in [0.25, 0.3) is 0 Å². The normalized spacial score (nSPS) is 0. The quantitative estimate of drug-likeness (QED) is 0.412. The van der Waals surface area contributed by atoms with E-state index in [1.54, 1.807) is 0 Å². The van der Waals surface area contributed by atoms with Gasteiger partial charge in [-0.3, -0.25) is 0 Å². The SMILES string of the molecule is [AlH3].[Ba+2].[Fe].[H-].[H-].[H-].[H-].[SiH4].[Sr+2]. The average Bonchev–Trinajstić information content (AvgIpc) is 0. The molecule has 0 radical (unpaired) electrons. The second-order valence-corrected chi connectivity index (χ2v) is 0. The maximum absolute atomic E-state index is 0. The van der Waals surface area contributed by atoms with Gasteiger partial charge in [-0.2, -0.15) is 0 Å². The van der Waals surface area contributed by atoms with Gasteiger partial charge in [0.1, 0.15) is 0 Å². The smallest absolute Gasteiger partial charge is 1.00 e. The van der Waals surface area contributed by atoms with Gasteiger partial charge in [0.15, 0.2) is 17.4 Å². The molecule has 0 N–H and O–H groups in total. The summed E-state index contributed by atoms with van der Waals surface area (Å²) in [6, 6.07) is 0. The molecule has 0 fully saturated rings. The van der Waals surface area contributed by atoms with E-state index in [0.717, 1.165) is 0 Å². The fraction of sp³-hybridized carbons (Fsp3) is 0. The zero-order valence-corrected chi connectivity index (χ0v) is 10.8. The maximum atomic E-state index is 0. The van der Waals surface area contributed by atoms with Gasteiger partial charge in [-0.05, 0) is 11.0 Å². The molecule has 0 atom stereocenters. The van der Waals surface area contributed by atoms with Gasteiger partial charge in [-0.1, -0.05) is 0 Å². The van der Waals surface area contributed by atoms with Crippen molar-refractivity contribution in [1.82, 2.24) is 0 Å². The summed E-state index contributed by atoms with van der Waals surface area (Å²) < 4.78 is 0. The zero-order chi connectivity index (χ0) is 0. The summed E-state index contributed by atoms with van der Waals surface area (Å²) in [5, 5.41) is 0. The fourth-order valence-electron chi connectivity index (χ4n) is 0. The summed E-state index contributed by atoms with van der Waals surface area (Å²) in [7, 11) is 0. The Morgan fingerprint density at radius 2 is 1.20 bits per heavy atom. The Labute approximate surface area is 142 Å². The molecule has 0 saturated heterocycles. The molecule has 0 bridgehead atoms. The van der Waals surface area contributed by atoms with Crippen LogP contribution in [0, 0.1) is 0 Å². The third-order valence-electron chi connectivity index (χ3n) is 0. The molecule has 0 aliphatic carbocycles. The fourth-order valence-corrected chi connectivity index (χ4v) is 0. The van der Waals surface area contributed by atoms with Crippen LogP contribution in [0.5, 0.6) is 0 Å². The van der Waals surface area contributed by atoms with E-state index < -0.39 is 0 Å². The van der Waals surface area contributed by atoms with Crippen molar-refractivity contribution < 1.29 is 22.8 Å². The molecule has 0 rings (SSSR count). The van der Waals surface area contributed by atoms with Crippen molar-refractivity contribution in [3.05, 3.63) is 0 Å². The van der Waals surface area contributed by atoms with E-state index in [1.165, 1.54) is 0 Å². The Morgan fingerprint density at radius 1 is 1.20 bits per heavy atom. The van der Waals surface area contributed by atoms with Crippen LogP contribution in [0.25, 0.3) is 0 Å². The first kappa shape index (κ1) is 34.6. The average molecular weight is 347 g/mol. The van der Waals surface area contributed by atoms with Gasteiger partial charge >= 0.3 is 94.4 Å². The van der Waals surface area contributed by atoms with E-state index >= 15 is 0 Å². The van der Waals surface area contributed by atoms with Crippen molar-refractivity contribution in [1.29, 1.82) is 0 Å². The summed E-state index contributed by atoms with van der Waals surface area (Å²) in [4.78, 5) is 0. The number of hydrogen-bond acceptors (Lipinski definition) is 0. The summed E-state index contributed by atoms with van der Waals surface area (Å²) >= 11 is 0. The van der Waals surface area contributed by atoms with Gasteiger partial charge in [0, 0.05) is 17.1 Å². The van der Waals surface area contributed by atoms with Crippen LogP contribution < -0.4 is 0 Å². The molecule has 0 aromatic carbocycles. The second-order valence-electron chi connectivity index (χ2n) is 0. The van der Waals surface area contributed by atoms with Gasteiger partial charge in [-0.25, -0.2) is 0 Å². The minimum absolute atomic E-state index is 0. The Kier molecular flexibility index (Phi) is 165. The molecule has 30 valence electrons. The van der Waals surface area contributed by atoms with Crippen LogP contribution in [0.3, 0.4) is 0 Å². The van der Waals surface area contributed by atoms with Crippen LogP contribution in [0.1, 0.15) is 5.71 Å². The molecule has 0 aromatic rings. The van der Waals surface area contributed by atoms with Crippen molar-refractivity contribution >= 4 is 123 Å². The van der Waals surface area contributed by atoms with Crippen molar-refractivity contribution in [2.24, 2.45) is 0 Å². The standard InChI is InChI=1S/Al.Ba.Fe.H4Si.Sr.7H/h;;;1H4;;;;;;;;/q;+2;;;+2;;;;4*-1. The summed E-state index contributed by atoms with van der Waals surface area (Å²) in [6.45, 7) is 0. The van der Waals surface area contributed by atoms with E-state index in [9.17, 15) is 0 Å². The molecule has 0 unspecified atom stereocenters. The Bertz CT molecular complexity index is 20.5. The van der Waals surface area contributed by atoms with Crippen LogP contribution in [0.15, 0.2) is 0 Å². The van der Waals surface area contributed by atoms with Crippen LogP contribution in [-0.4, -0.2) is 123 Å². The van der Waals surface area contributed by atoms with Crippen LogP contribution in [0.2, 0.25) is 0 Å². The largest absolute Gasteiger partial charge is 2.00 e. The Morgan fingerprint density at radius 3 is 1.20 bits per heavy atom. The van der Waals surface area contributed by atoms with Gasteiger partial charge in [0.2, 0.25) is 0 Å². The molecule has 0 saturated carbocycles. The first-order valence-corrected chi connectivity index (χ1v) is 0. The minimum Gasteiger partial charge on any atom is -1.00 e. The molecule has 0 spiro atoms. The van der Waals surface area contributed by atoms with Crippen molar-refractivity contribution in [3.63, 3.8) is 0 Å². The van der Waals surface area contributed by atoms with E-state index in [1.807, 2.05) is 0 Å². The van der Waals surface area contributed by atoms with Gasteiger partial charge < -0.3 is 5.71 Å². The molecule has 0 aliphatic heterocycles. The number of rotatable bonds is 0. The predicted molar refractivity (Wildman–Crippen MR) is 37.2 cm³/mol. The van der Waals surface area contributed by atoms with Gasteiger partial charge in [0.05, 0.1) is 0 Å². The molecular formula is H11AlBaFeSiSr. The van der Waals surface area contributed by atoms with E-state index in [2.05, 4.69) is 0 Å². The Balaban J connectivity index is 0. The number of hydrogen-bond donors (Lipinski definition) is 0. The zero-order valence-electron chi connectivity index (χ0n) is 5.77. The second kappa shape index (κ2) is 23.9. The summed E-state index contributed by atoms with van der Waals surface area (Å²) in [5.41, 5.74) is 0. The topological polar surface area (TPSA) is 0 Å². The summed E-state index contributed by atoms with van der Waals surface area (Å²) in [5.74, 6) is 0. The monoisotopic (exact) mass is 348 g/mol. The molecular weight excluding hydrogens is 336 g/mol. The maximum Gasteiger partial charge on any atom is 2.00 e. The van der Waals surface area contributed by atoms with Gasteiger partial charge in [-0.15, -0.1) is 0 Å². The van der Waals surface area contributed by atoms with Crippen LogP contribution in [0.4, 0.5) is 0 Å². The molecule has 0 nitrogen and oxygen atoms in total. The summed E-state index contributed by atoms with van der Waals surface area (Å²) in [6.07, 6.45) is 0. The minimum atomic E-state index is 0. The molecule has 0 aliphatic rings. The van der Waals surface area contributed by atoms with E-state index in [4.69, 9.17) is 0 Å². The van der Waals surface area contributed by atoms with E-state index in [-0.39, 0.29) is 145 Å². The first-order valence-electron chi connectivity index (χ1n) is 0.